The van der Waals surface area contributed by atoms with E-state index in [1.807, 2.05) is 43.3 Å². The third kappa shape index (κ3) is 4.54. The summed E-state index contributed by atoms with van der Waals surface area (Å²) >= 11 is 15.5. The molecule has 0 saturated carbocycles. The van der Waals surface area contributed by atoms with Crippen molar-refractivity contribution in [2.24, 2.45) is 5.92 Å². The molecule has 0 bridgehead atoms. The SMILES string of the molecule is Cc1cccc(-n2c(SCc3ccc(Cl)cc3Cl)nc3sc4c(c3c2=O)CC(C(C)C)OC4)c1. The quantitative estimate of drug-likeness (QED) is 0.198. The summed E-state index contributed by atoms with van der Waals surface area (Å²) in [6.45, 7) is 6.87. The topological polar surface area (TPSA) is 44.1 Å². The zero-order valence-electron chi connectivity index (χ0n) is 19.1. The fraction of sp³-hybridized carbons (Fsp3) is 0.308. The molecule has 1 atom stereocenters. The lowest BCUT2D eigenvalue weighted by atomic mass is 9.96. The first kappa shape index (κ1) is 23.9. The van der Waals surface area contributed by atoms with E-state index in [4.69, 9.17) is 32.9 Å². The Morgan fingerprint density at radius 1 is 1.24 bits per heavy atom. The molecule has 34 heavy (non-hydrogen) atoms. The summed E-state index contributed by atoms with van der Waals surface area (Å²) in [5.74, 6) is 0.956. The van der Waals surface area contributed by atoms with E-state index in [9.17, 15) is 4.79 Å². The van der Waals surface area contributed by atoms with Crippen LogP contribution in [0.5, 0.6) is 0 Å². The van der Waals surface area contributed by atoms with Crippen LogP contribution in [0.3, 0.4) is 0 Å². The third-order valence-corrected chi connectivity index (χ3v) is 8.76. The average molecular weight is 532 g/mol. The van der Waals surface area contributed by atoms with Gasteiger partial charge in [-0.25, -0.2) is 4.98 Å². The fourth-order valence-corrected chi connectivity index (χ4v) is 6.94. The maximum absolute atomic E-state index is 14.0. The third-order valence-electron chi connectivity index (χ3n) is 6.09. The van der Waals surface area contributed by atoms with E-state index in [2.05, 4.69) is 13.8 Å². The Hall–Kier alpha value is -1.83. The van der Waals surface area contributed by atoms with E-state index in [1.54, 1.807) is 22.0 Å². The molecule has 8 heteroatoms. The average Bonchev–Trinajstić information content (AvgIpc) is 3.16. The minimum absolute atomic E-state index is 0.0257. The van der Waals surface area contributed by atoms with Gasteiger partial charge in [-0.1, -0.05) is 67.0 Å². The summed E-state index contributed by atoms with van der Waals surface area (Å²) in [6.07, 6.45) is 0.850. The number of thioether (sulfide) groups is 1. The van der Waals surface area contributed by atoms with E-state index in [0.717, 1.165) is 43.9 Å². The molecule has 1 aliphatic heterocycles. The Balaban J connectivity index is 1.65. The highest BCUT2D eigenvalue weighted by Gasteiger charge is 2.28. The minimum atomic E-state index is -0.0257. The molecule has 3 heterocycles. The standard InChI is InChI=1S/C26H24Cl2N2O2S2/c1-14(2)21-11-19-22(12-32-21)34-24-23(19)25(31)30(18-6-4-5-15(3)9-18)26(29-24)33-13-16-7-8-17(27)10-20(16)28/h4-10,14,21H,11-13H2,1-3H3. The fourth-order valence-electron chi connectivity index (χ4n) is 4.21. The zero-order chi connectivity index (χ0) is 24.0. The lowest BCUT2D eigenvalue weighted by Crippen LogP contribution is -2.28. The number of hydrogen-bond donors (Lipinski definition) is 0. The molecule has 5 rings (SSSR count). The van der Waals surface area contributed by atoms with Crippen LogP contribution in [-0.2, 0) is 23.5 Å². The van der Waals surface area contributed by atoms with Crippen molar-refractivity contribution in [2.75, 3.05) is 0 Å². The van der Waals surface area contributed by atoms with Crippen LogP contribution in [0.2, 0.25) is 10.0 Å². The monoisotopic (exact) mass is 530 g/mol. The molecule has 176 valence electrons. The minimum Gasteiger partial charge on any atom is -0.372 e. The molecular formula is C26H24Cl2N2O2S2. The van der Waals surface area contributed by atoms with Gasteiger partial charge in [0.1, 0.15) is 4.83 Å². The molecule has 1 unspecified atom stereocenters. The number of aromatic nitrogens is 2. The van der Waals surface area contributed by atoms with E-state index in [-0.39, 0.29) is 11.7 Å². The largest absolute Gasteiger partial charge is 0.372 e. The molecule has 4 nitrogen and oxygen atoms in total. The van der Waals surface area contributed by atoms with Gasteiger partial charge in [-0.3, -0.25) is 9.36 Å². The predicted molar refractivity (Wildman–Crippen MR) is 143 cm³/mol. The van der Waals surface area contributed by atoms with Crippen molar-refractivity contribution in [3.8, 4) is 5.69 Å². The van der Waals surface area contributed by atoms with E-state index in [0.29, 0.717) is 33.5 Å². The van der Waals surface area contributed by atoms with E-state index in [1.165, 1.54) is 11.8 Å². The molecule has 1 aliphatic rings. The van der Waals surface area contributed by atoms with Crippen LogP contribution in [0.4, 0.5) is 0 Å². The molecule has 0 N–H and O–H groups in total. The van der Waals surface area contributed by atoms with Crippen molar-refractivity contribution < 1.29 is 4.74 Å². The molecule has 2 aromatic carbocycles. The molecule has 2 aromatic heterocycles. The first-order valence-electron chi connectivity index (χ1n) is 11.1. The summed E-state index contributed by atoms with van der Waals surface area (Å²) in [5, 5.41) is 2.58. The molecule has 4 aromatic rings. The van der Waals surface area contributed by atoms with Gasteiger partial charge in [0.2, 0.25) is 0 Å². The summed E-state index contributed by atoms with van der Waals surface area (Å²) in [7, 11) is 0. The molecule has 0 fully saturated rings. The van der Waals surface area contributed by atoms with Crippen molar-refractivity contribution >= 4 is 56.5 Å². The van der Waals surface area contributed by atoms with Crippen LogP contribution < -0.4 is 5.56 Å². The summed E-state index contributed by atoms with van der Waals surface area (Å²) < 4.78 is 7.81. The molecule has 0 spiro atoms. The summed E-state index contributed by atoms with van der Waals surface area (Å²) in [6, 6.07) is 13.5. The predicted octanol–water partition coefficient (Wildman–Crippen LogP) is 7.45. The van der Waals surface area contributed by atoms with Gasteiger partial charge in [0, 0.05) is 27.1 Å². The van der Waals surface area contributed by atoms with Crippen molar-refractivity contribution in [2.45, 2.75) is 50.8 Å². The van der Waals surface area contributed by atoms with Crippen LogP contribution in [-0.4, -0.2) is 15.7 Å². The number of rotatable bonds is 5. The van der Waals surface area contributed by atoms with Gasteiger partial charge in [-0.15, -0.1) is 11.3 Å². The van der Waals surface area contributed by atoms with Crippen LogP contribution >= 0.6 is 46.3 Å². The van der Waals surface area contributed by atoms with Gasteiger partial charge in [-0.05, 0) is 53.8 Å². The Morgan fingerprint density at radius 2 is 2.06 bits per heavy atom. The van der Waals surface area contributed by atoms with Gasteiger partial charge in [0.15, 0.2) is 5.16 Å². The van der Waals surface area contributed by atoms with Gasteiger partial charge < -0.3 is 4.74 Å². The highest BCUT2D eigenvalue weighted by atomic mass is 35.5. The molecule has 0 saturated heterocycles. The van der Waals surface area contributed by atoms with Gasteiger partial charge >= 0.3 is 0 Å². The number of fused-ring (bicyclic) bond motifs is 3. The van der Waals surface area contributed by atoms with Gasteiger partial charge in [0.05, 0.1) is 23.8 Å². The number of thiophene rings is 1. The normalized spacial score (nSPS) is 15.8. The number of aryl methyl sites for hydroxylation is 1. The number of nitrogens with zero attached hydrogens (tertiary/aromatic N) is 2. The van der Waals surface area contributed by atoms with Crippen molar-refractivity contribution in [3.63, 3.8) is 0 Å². The molecule has 0 amide bonds. The number of halogens is 2. The van der Waals surface area contributed by atoms with Gasteiger partial charge in [-0.2, -0.15) is 0 Å². The maximum Gasteiger partial charge on any atom is 0.267 e. The lowest BCUT2D eigenvalue weighted by Gasteiger charge is -2.26. The second-order valence-electron chi connectivity index (χ2n) is 8.88. The van der Waals surface area contributed by atoms with Crippen LogP contribution in [0, 0.1) is 12.8 Å². The molecular weight excluding hydrogens is 507 g/mol. The zero-order valence-corrected chi connectivity index (χ0v) is 22.2. The highest BCUT2D eigenvalue weighted by Crippen LogP contribution is 2.37. The highest BCUT2D eigenvalue weighted by molar-refractivity contribution is 7.98. The Labute approximate surface area is 216 Å². The van der Waals surface area contributed by atoms with Crippen molar-refractivity contribution in [1.29, 1.82) is 0 Å². The summed E-state index contributed by atoms with van der Waals surface area (Å²) in [4.78, 5) is 20.9. The maximum atomic E-state index is 14.0. The Kier molecular flexibility index (Phi) is 6.79. The smallest absolute Gasteiger partial charge is 0.267 e. The Bertz CT molecular complexity index is 1450. The second-order valence-corrected chi connectivity index (χ2v) is 11.7. The first-order valence-corrected chi connectivity index (χ1v) is 13.7. The second kappa shape index (κ2) is 9.67. The van der Waals surface area contributed by atoms with E-state index < -0.39 is 0 Å². The Morgan fingerprint density at radius 3 is 2.79 bits per heavy atom. The van der Waals surface area contributed by atoms with Crippen LogP contribution in [0.1, 0.15) is 35.4 Å². The molecule has 0 aliphatic carbocycles. The van der Waals surface area contributed by atoms with Crippen LogP contribution in [0.15, 0.2) is 52.4 Å². The number of benzene rings is 2. The number of hydrogen-bond acceptors (Lipinski definition) is 5. The van der Waals surface area contributed by atoms with E-state index >= 15 is 0 Å². The molecule has 0 radical (unpaired) electrons. The lowest BCUT2D eigenvalue weighted by molar-refractivity contribution is 0.00200. The number of ether oxygens (including phenoxy) is 1. The van der Waals surface area contributed by atoms with Gasteiger partial charge in [0.25, 0.3) is 5.56 Å². The first-order chi connectivity index (χ1) is 16.3. The van der Waals surface area contributed by atoms with Crippen LogP contribution in [0.25, 0.3) is 15.9 Å². The van der Waals surface area contributed by atoms with Crippen molar-refractivity contribution in [3.05, 3.63) is 84.4 Å². The van der Waals surface area contributed by atoms with Crippen molar-refractivity contribution in [1.82, 2.24) is 9.55 Å². The summed E-state index contributed by atoms with van der Waals surface area (Å²) in [5.41, 5.74) is 3.92.